The van der Waals surface area contributed by atoms with E-state index in [-0.39, 0.29) is 5.91 Å². The van der Waals surface area contributed by atoms with Gasteiger partial charge in [-0.05, 0) is 49.5 Å². The fourth-order valence-corrected chi connectivity index (χ4v) is 2.93. The summed E-state index contributed by atoms with van der Waals surface area (Å²) in [5.74, 6) is -0.0735. The summed E-state index contributed by atoms with van der Waals surface area (Å²) in [6.07, 6.45) is 0. The van der Waals surface area contributed by atoms with Crippen molar-refractivity contribution >= 4 is 22.4 Å². The summed E-state index contributed by atoms with van der Waals surface area (Å²) in [5.41, 5.74) is 3.88. The lowest BCUT2D eigenvalue weighted by Gasteiger charge is -2.16. The van der Waals surface area contributed by atoms with Crippen molar-refractivity contribution < 1.29 is 4.79 Å². The smallest absolute Gasteiger partial charge is 0.256 e. The molecule has 1 N–H and O–H groups in total. The number of amides is 1. The molecule has 0 aliphatic rings. The molecule has 0 unspecified atom stereocenters. The van der Waals surface area contributed by atoms with Crippen molar-refractivity contribution in [1.29, 1.82) is 0 Å². The van der Waals surface area contributed by atoms with Crippen LogP contribution in [0, 0.1) is 6.92 Å². The van der Waals surface area contributed by atoms with Gasteiger partial charge in [-0.2, -0.15) is 0 Å². The molecule has 1 amide bonds. The Hall–Kier alpha value is -2.65. The second kappa shape index (κ2) is 6.85. The predicted molar refractivity (Wildman–Crippen MR) is 100 cm³/mol. The van der Waals surface area contributed by atoms with Gasteiger partial charge >= 0.3 is 0 Å². The van der Waals surface area contributed by atoms with Crippen molar-refractivity contribution in [3.8, 4) is 0 Å². The van der Waals surface area contributed by atoms with Crippen LogP contribution in [0.2, 0.25) is 0 Å². The number of benzene rings is 3. The number of rotatable bonds is 4. The van der Waals surface area contributed by atoms with Crippen LogP contribution in [0.5, 0.6) is 0 Å². The second-order valence-electron chi connectivity index (χ2n) is 6.38. The minimum absolute atomic E-state index is 0.0735. The summed E-state index contributed by atoms with van der Waals surface area (Å²) in [5, 5.41) is 5.13. The van der Waals surface area contributed by atoms with Gasteiger partial charge in [0.05, 0.1) is 0 Å². The summed E-state index contributed by atoms with van der Waals surface area (Å²) in [6.45, 7) is 2.85. The SMILES string of the molecule is Cc1ccc(NC(=O)c2cccc3ccccc23)c(CN(C)C)c1. The number of carbonyl (C=O) groups is 1. The maximum absolute atomic E-state index is 12.8. The lowest BCUT2D eigenvalue weighted by atomic mass is 10.0. The van der Waals surface area contributed by atoms with E-state index in [2.05, 4.69) is 23.2 Å². The third kappa shape index (κ3) is 3.47. The van der Waals surface area contributed by atoms with Gasteiger partial charge in [0.25, 0.3) is 5.91 Å². The van der Waals surface area contributed by atoms with Gasteiger partial charge in [0.2, 0.25) is 0 Å². The molecule has 0 aliphatic carbocycles. The number of nitrogens with one attached hydrogen (secondary N) is 1. The molecule has 0 saturated carbocycles. The minimum Gasteiger partial charge on any atom is -0.322 e. The number of nitrogens with zero attached hydrogens (tertiary/aromatic N) is 1. The lowest BCUT2D eigenvalue weighted by molar-refractivity contribution is 0.102. The summed E-state index contributed by atoms with van der Waals surface area (Å²) in [7, 11) is 4.05. The molecule has 24 heavy (non-hydrogen) atoms. The molecule has 0 saturated heterocycles. The van der Waals surface area contributed by atoms with Gasteiger partial charge in [0, 0.05) is 17.8 Å². The summed E-state index contributed by atoms with van der Waals surface area (Å²) >= 11 is 0. The first-order valence-electron chi connectivity index (χ1n) is 8.08. The number of hydrogen-bond donors (Lipinski definition) is 1. The van der Waals surface area contributed by atoms with Crippen LogP contribution in [0.1, 0.15) is 21.5 Å². The maximum Gasteiger partial charge on any atom is 0.256 e. The van der Waals surface area contributed by atoms with Gasteiger partial charge < -0.3 is 10.2 Å². The Bertz CT molecular complexity index is 879. The van der Waals surface area contributed by atoms with E-state index in [1.807, 2.05) is 68.7 Å². The van der Waals surface area contributed by atoms with E-state index in [0.717, 1.165) is 28.6 Å². The van der Waals surface area contributed by atoms with Crippen LogP contribution in [0.3, 0.4) is 0 Å². The van der Waals surface area contributed by atoms with Crippen LogP contribution in [-0.2, 0) is 6.54 Å². The van der Waals surface area contributed by atoms with Crippen molar-refractivity contribution in [2.45, 2.75) is 13.5 Å². The zero-order valence-corrected chi connectivity index (χ0v) is 14.3. The van der Waals surface area contributed by atoms with Gasteiger partial charge in [-0.1, -0.05) is 54.1 Å². The number of hydrogen-bond acceptors (Lipinski definition) is 2. The van der Waals surface area contributed by atoms with Crippen molar-refractivity contribution in [3.05, 3.63) is 77.4 Å². The molecule has 0 bridgehead atoms. The first-order valence-corrected chi connectivity index (χ1v) is 8.08. The molecule has 3 nitrogen and oxygen atoms in total. The molecule has 0 heterocycles. The highest BCUT2D eigenvalue weighted by Gasteiger charge is 2.12. The number of fused-ring (bicyclic) bond motifs is 1. The molecule has 3 aromatic carbocycles. The Morgan fingerprint density at radius 3 is 2.54 bits per heavy atom. The fourth-order valence-electron chi connectivity index (χ4n) is 2.93. The molecule has 0 aromatic heterocycles. The van der Waals surface area contributed by atoms with Crippen molar-refractivity contribution in [2.24, 2.45) is 0 Å². The molecule has 3 heteroatoms. The van der Waals surface area contributed by atoms with E-state index < -0.39 is 0 Å². The van der Waals surface area contributed by atoms with Crippen LogP contribution in [0.15, 0.2) is 60.7 Å². The quantitative estimate of drug-likeness (QED) is 0.770. The van der Waals surface area contributed by atoms with Gasteiger partial charge in [0.15, 0.2) is 0 Å². The summed E-state index contributed by atoms with van der Waals surface area (Å²) in [6, 6.07) is 19.9. The zero-order valence-electron chi connectivity index (χ0n) is 14.3. The Labute approximate surface area is 142 Å². The monoisotopic (exact) mass is 318 g/mol. The molecule has 3 rings (SSSR count). The Balaban J connectivity index is 1.95. The van der Waals surface area contributed by atoms with Crippen LogP contribution >= 0.6 is 0 Å². The summed E-state index contributed by atoms with van der Waals surface area (Å²) < 4.78 is 0. The van der Waals surface area contributed by atoms with Crippen LogP contribution in [-0.4, -0.2) is 24.9 Å². The van der Waals surface area contributed by atoms with Crippen LogP contribution in [0.4, 0.5) is 5.69 Å². The molecule has 0 spiro atoms. The topological polar surface area (TPSA) is 32.3 Å². The molecule has 3 aromatic rings. The predicted octanol–water partition coefficient (Wildman–Crippen LogP) is 4.46. The van der Waals surface area contributed by atoms with E-state index in [0.29, 0.717) is 5.56 Å². The van der Waals surface area contributed by atoms with Gasteiger partial charge in [-0.25, -0.2) is 0 Å². The zero-order chi connectivity index (χ0) is 17.1. The fraction of sp³-hybridized carbons (Fsp3) is 0.190. The molecule has 0 radical (unpaired) electrons. The molecular weight excluding hydrogens is 296 g/mol. The molecule has 0 aliphatic heterocycles. The van der Waals surface area contributed by atoms with Crippen molar-refractivity contribution in [3.63, 3.8) is 0 Å². The van der Waals surface area contributed by atoms with E-state index in [4.69, 9.17) is 0 Å². The van der Waals surface area contributed by atoms with Crippen LogP contribution < -0.4 is 5.32 Å². The van der Waals surface area contributed by atoms with Crippen molar-refractivity contribution in [1.82, 2.24) is 4.90 Å². The van der Waals surface area contributed by atoms with E-state index >= 15 is 0 Å². The standard InChI is InChI=1S/C21H22N2O/c1-15-11-12-20(17(13-15)14-23(2)3)22-21(24)19-10-6-8-16-7-4-5-9-18(16)19/h4-13H,14H2,1-3H3,(H,22,24). The number of carbonyl (C=O) groups excluding carboxylic acids is 1. The molecular formula is C21H22N2O. The molecule has 122 valence electrons. The maximum atomic E-state index is 12.8. The third-order valence-corrected chi connectivity index (χ3v) is 4.03. The molecule has 0 fully saturated rings. The van der Waals surface area contributed by atoms with Gasteiger partial charge in [-0.3, -0.25) is 4.79 Å². The highest BCUT2D eigenvalue weighted by Crippen LogP contribution is 2.23. The Morgan fingerprint density at radius 2 is 1.75 bits per heavy atom. The Kier molecular flexibility index (Phi) is 4.63. The minimum atomic E-state index is -0.0735. The first kappa shape index (κ1) is 16.2. The number of anilines is 1. The second-order valence-corrected chi connectivity index (χ2v) is 6.38. The first-order chi connectivity index (χ1) is 11.5. The highest BCUT2D eigenvalue weighted by atomic mass is 16.1. The van der Waals surface area contributed by atoms with Crippen LogP contribution in [0.25, 0.3) is 10.8 Å². The average molecular weight is 318 g/mol. The Morgan fingerprint density at radius 1 is 1.00 bits per heavy atom. The van der Waals surface area contributed by atoms with E-state index in [1.54, 1.807) is 0 Å². The number of aryl methyl sites for hydroxylation is 1. The highest BCUT2D eigenvalue weighted by molar-refractivity contribution is 6.13. The average Bonchev–Trinajstić information content (AvgIpc) is 2.56. The molecule has 0 atom stereocenters. The third-order valence-electron chi connectivity index (χ3n) is 4.03. The van der Waals surface area contributed by atoms with E-state index in [1.165, 1.54) is 5.56 Å². The van der Waals surface area contributed by atoms with Gasteiger partial charge in [-0.15, -0.1) is 0 Å². The normalized spacial score (nSPS) is 11.0. The van der Waals surface area contributed by atoms with E-state index in [9.17, 15) is 4.79 Å². The largest absolute Gasteiger partial charge is 0.322 e. The van der Waals surface area contributed by atoms with Crippen molar-refractivity contribution in [2.75, 3.05) is 19.4 Å². The summed E-state index contributed by atoms with van der Waals surface area (Å²) in [4.78, 5) is 14.9. The lowest BCUT2D eigenvalue weighted by Crippen LogP contribution is -2.17. The van der Waals surface area contributed by atoms with Gasteiger partial charge in [0.1, 0.15) is 0 Å².